The van der Waals surface area contributed by atoms with E-state index in [1.54, 1.807) is 30.3 Å². The number of carbonyl (C=O) groups is 2. The molecule has 3 N–H and O–H groups in total. The number of esters is 1. The van der Waals surface area contributed by atoms with E-state index in [0.29, 0.717) is 17.0 Å². The first-order valence-electron chi connectivity index (χ1n) is 11.5. The molecule has 0 aromatic heterocycles. The number of rotatable bonds is 12. The number of anilines is 1. The Labute approximate surface area is 199 Å². The minimum atomic E-state index is -0.589. The number of carbonyl (C=O) groups excluding carboxylic acids is 2. The molecule has 3 rings (SSSR count). The normalized spacial score (nSPS) is 11.7. The highest BCUT2D eigenvalue weighted by atomic mass is 16.6. The summed E-state index contributed by atoms with van der Waals surface area (Å²) in [7, 11) is 0. The average Bonchev–Trinajstić information content (AvgIpc) is 2.85. The third-order valence-corrected chi connectivity index (χ3v) is 5.42. The molecule has 0 aliphatic carbocycles. The minimum absolute atomic E-state index is 0.0807. The molecule has 0 saturated carbocycles. The van der Waals surface area contributed by atoms with Crippen molar-refractivity contribution in [2.24, 2.45) is 0 Å². The van der Waals surface area contributed by atoms with Crippen molar-refractivity contribution in [3.05, 3.63) is 71.8 Å². The highest BCUT2D eigenvalue weighted by Gasteiger charge is 2.14. The predicted molar refractivity (Wildman–Crippen MR) is 131 cm³/mol. The zero-order valence-electron chi connectivity index (χ0n) is 19.3. The predicted octanol–water partition coefficient (Wildman–Crippen LogP) is 4.62. The summed E-state index contributed by atoms with van der Waals surface area (Å²) in [4.78, 5) is 24.6. The molecule has 1 atom stereocenters. The average molecular weight is 466 g/mol. The third kappa shape index (κ3) is 7.04. The first kappa shape index (κ1) is 25.2. The van der Waals surface area contributed by atoms with Gasteiger partial charge < -0.3 is 25.0 Å². The van der Waals surface area contributed by atoms with E-state index in [2.05, 4.69) is 12.2 Å². The fraction of sp³-hybridized carbons (Fsp3) is 0.333. The van der Waals surface area contributed by atoms with Crippen molar-refractivity contribution in [3.8, 4) is 5.75 Å². The summed E-state index contributed by atoms with van der Waals surface area (Å²) in [6.07, 6.45) is 3.38. The molecule has 0 spiro atoms. The van der Waals surface area contributed by atoms with Gasteiger partial charge in [-0.2, -0.15) is 0 Å². The molecule has 0 aliphatic rings. The number of nitrogens with one attached hydrogen (secondary N) is 1. The first-order chi connectivity index (χ1) is 16.5. The van der Waals surface area contributed by atoms with Gasteiger partial charge in [0, 0.05) is 17.3 Å². The van der Waals surface area contributed by atoms with Crippen molar-refractivity contribution < 1.29 is 29.3 Å². The molecule has 0 heterocycles. The second-order valence-electron chi connectivity index (χ2n) is 8.01. The van der Waals surface area contributed by atoms with Gasteiger partial charge in [-0.15, -0.1) is 0 Å². The van der Waals surface area contributed by atoms with Gasteiger partial charge in [0.1, 0.15) is 12.4 Å². The van der Waals surface area contributed by atoms with E-state index in [1.165, 1.54) is 0 Å². The largest absolute Gasteiger partial charge is 0.482 e. The van der Waals surface area contributed by atoms with Gasteiger partial charge in [0.15, 0.2) is 6.61 Å². The van der Waals surface area contributed by atoms with E-state index in [0.717, 1.165) is 42.0 Å². The number of unbranched alkanes of at least 4 members (excludes halogenated alkanes) is 2. The summed E-state index contributed by atoms with van der Waals surface area (Å²) in [5.41, 5.74) is 1.89. The van der Waals surface area contributed by atoms with Crippen LogP contribution in [0.5, 0.6) is 5.75 Å². The lowest BCUT2D eigenvalue weighted by Crippen LogP contribution is -2.17. The van der Waals surface area contributed by atoms with Crippen LogP contribution in [0.2, 0.25) is 0 Å². The molecule has 3 aromatic rings. The molecule has 7 nitrogen and oxygen atoms in total. The number of fused-ring (bicyclic) bond motifs is 1. The van der Waals surface area contributed by atoms with Gasteiger partial charge in [0.05, 0.1) is 12.7 Å². The maximum atomic E-state index is 13.0. The van der Waals surface area contributed by atoms with Crippen molar-refractivity contribution in [1.29, 1.82) is 0 Å². The van der Waals surface area contributed by atoms with Gasteiger partial charge in [0.2, 0.25) is 0 Å². The Morgan fingerprint density at radius 1 is 1.03 bits per heavy atom. The molecule has 0 bridgehead atoms. The van der Waals surface area contributed by atoms with E-state index >= 15 is 0 Å². The van der Waals surface area contributed by atoms with Crippen LogP contribution in [0, 0.1) is 0 Å². The summed E-state index contributed by atoms with van der Waals surface area (Å²) in [5.74, 6) is -0.464. The van der Waals surface area contributed by atoms with Crippen molar-refractivity contribution in [2.45, 2.75) is 38.7 Å². The second kappa shape index (κ2) is 12.7. The summed E-state index contributed by atoms with van der Waals surface area (Å²) in [5, 5.41) is 23.7. The van der Waals surface area contributed by atoms with Crippen LogP contribution >= 0.6 is 0 Å². The zero-order chi connectivity index (χ0) is 24.3. The van der Waals surface area contributed by atoms with Gasteiger partial charge in [-0.25, -0.2) is 4.79 Å². The smallest absolute Gasteiger partial charge is 0.344 e. The summed E-state index contributed by atoms with van der Waals surface area (Å²) in [6.45, 7) is 1.51. The van der Waals surface area contributed by atoms with Gasteiger partial charge in [-0.3, -0.25) is 4.79 Å². The van der Waals surface area contributed by atoms with Crippen molar-refractivity contribution >= 4 is 28.3 Å². The van der Waals surface area contributed by atoms with Crippen LogP contribution in [0.15, 0.2) is 60.7 Å². The van der Waals surface area contributed by atoms with Crippen LogP contribution < -0.4 is 10.1 Å². The summed E-state index contributed by atoms with van der Waals surface area (Å²) in [6, 6.07) is 17.9. The van der Waals surface area contributed by atoms with Crippen molar-refractivity contribution in [2.75, 3.05) is 25.1 Å². The number of aliphatic hydroxyl groups excluding tert-OH is 2. The fourth-order valence-electron chi connectivity index (χ4n) is 3.67. The molecule has 7 heteroatoms. The quantitative estimate of drug-likeness (QED) is 0.266. The molecule has 1 amide bonds. The maximum absolute atomic E-state index is 13.0. The summed E-state index contributed by atoms with van der Waals surface area (Å²) >= 11 is 0. The number of amides is 1. The van der Waals surface area contributed by atoms with Crippen LogP contribution in [-0.4, -0.2) is 41.9 Å². The van der Waals surface area contributed by atoms with Crippen LogP contribution in [0.1, 0.15) is 54.6 Å². The SMILES string of the molecule is CCCCCC(O)c1ccc2c(C(=O)Nc3cccc(OCC(=O)OCCO)c3)cccc2c1. The molecule has 0 radical (unpaired) electrons. The standard InChI is InChI=1S/C27H31NO6/c1-2-3-4-11-25(30)20-12-13-23-19(16-20)7-5-10-24(23)27(32)28-21-8-6-9-22(17-21)34-18-26(31)33-15-14-29/h5-10,12-13,16-17,25,29-30H,2-4,11,14-15,18H2,1H3,(H,28,32). The van der Waals surface area contributed by atoms with E-state index in [1.807, 2.05) is 30.3 Å². The number of ether oxygens (including phenoxy) is 2. The Morgan fingerprint density at radius 3 is 2.65 bits per heavy atom. The molecule has 1 unspecified atom stereocenters. The highest BCUT2D eigenvalue weighted by molar-refractivity contribution is 6.13. The molecule has 0 aliphatic heterocycles. The molecule has 34 heavy (non-hydrogen) atoms. The van der Waals surface area contributed by atoms with Crippen molar-refractivity contribution in [3.63, 3.8) is 0 Å². The number of aliphatic hydroxyl groups is 2. The second-order valence-corrected chi connectivity index (χ2v) is 8.01. The number of hydrogen-bond donors (Lipinski definition) is 3. The molecule has 0 saturated heterocycles. The third-order valence-electron chi connectivity index (χ3n) is 5.42. The number of benzene rings is 3. The minimum Gasteiger partial charge on any atom is -0.482 e. The van der Waals surface area contributed by atoms with Gasteiger partial charge in [-0.1, -0.05) is 56.5 Å². The molecule has 180 valence electrons. The van der Waals surface area contributed by atoms with Crippen molar-refractivity contribution in [1.82, 2.24) is 0 Å². The summed E-state index contributed by atoms with van der Waals surface area (Å²) < 4.78 is 10.2. The lowest BCUT2D eigenvalue weighted by Gasteiger charge is -2.13. The molecule has 0 fully saturated rings. The van der Waals surface area contributed by atoms with Crippen LogP contribution in [-0.2, 0) is 9.53 Å². The van der Waals surface area contributed by atoms with Gasteiger partial charge in [0.25, 0.3) is 5.91 Å². The maximum Gasteiger partial charge on any atom is 0.344 e. The molecular weight excluding hydrogens is 434 g/mol. The molecular formula is C27H31NO6. The van der Waals surface area contributed by atoms with E-state index in [9.17, 15) is 14.7 Å². The van der Waals surface area contributed by atoms with Crippen LogP contribution in [0.3, 0.4) is 0 Å². The monoisotopic (exact) mass is 465 g/mol. The van der Waals surface area contributed by atoms with Gasteiger partial charge in [-0.05, 0) is 47.0 Å². The zero-order valence-corrected chi connectivity index (χ0v) is 19.3. The Hall–Kier alpha value is -3.42. The molecule has 3 aromatic carbocycles. The lowest BCUT2D eigenvalue weighted by atomic mass is 9.97. The van der Waals surface area contributed by atoms with Gasteiger partial charge >= 0.3 is 5.97 Å². The Morgan fingerprint density at radius 2 is 1.85 bits per heavy atom. The van der Waals surface area contributed by atoms with E-state index < -0.39 is 12.1 Å². The Kier molecular flexibility index (Phi) is 9.43. The van der Waals surface area contributed by atoms with Crippen LogP contribution in [0.25, 0.3) is 10.8 Å². The highest BCUT2D eigenvalue weighted by Crippen LogP contribution is 2.27. The topological polar surface area (TPSA) is 105 Å². The van der Waals surface area contributed by atoms with Crippen LogP contribution in [0.4, 0.5) is 5.69 Å². The Bertz CT molecular complexity index is 1110. The Balaban J connectivity index is 1.69. The first-order valence-corrected chi connectivity index (χ1v) is 11.5. The lowest BCUT2D eigenvalue weighted by molar-refractivity contribution is -0.146. The van der Waals surface area contributed by atoms with E-state index in [-0.39, 0.29) is 25.7 Å². The fourth-order valence-corrected chi connectivity index (χ4v) is 3.67. The number of hydrogen-bond acceptors (Lipinski definition) is 6. The van der Waals surface area contributed by atoms with E-state index in [4.69, 9.17) is 14.6 Å².